The predicted octanol–water partition coefficient (Wildman–Crippen LogP) is 20.7. The van der Waals surface area contributed by atoms with Gasteiger partial charge in [0.1, 0.15) is 19.3 Å². The molecule has 0 aliphatic heterocycles. The van der Waals surface area contributed by atoms with Gasteiger partial charge in [0.15, 0.2) is 0 Å². The van der Waals surface area contributed by atoms with E-state index in [-0.39, 0.29) is 24.9 Å². The van der Waals surface area contributed by atoms with Gasteiger partial charge in [-0.2, -0.15) is 0 Å². The summed E-state index contributed by atoms with van der Waals surface area (Å²) < 4.78 is 30.3. The molecule has 0 spiro atoms. The number of nitrogens with zero attached hydrogens (tertiary/aromatic N) is 1. The van der Waals surface area contributed by atoms with Crippen molar-refractivity contribution in [1.29, 1.82) is 0 Å². The molecule has 1 N–H and O–H groups in total. The van der Waals surface area contributed by atoms with Crippen LogP contribution in [-0.2, 0) is 27.9 Å². The zero-order chi connectivity index (χ0) is 59.3. The molecule has 0 aromatic carbocycles. The van der Waals surface area contributed by atoms with Gasteiger partial charge in [-0.1, -0.05) is 267 Å². The van der Waals surface area contributed by atoms with Crippen LogP contribution in [0.3, 0.4) is 0 Å². The number of allylic oxidation sites excluding steroid dienone is 13. The van der Waals surface area contributed by atoms with E-state index in [0.717, 1.165) is 89.9 Å². The number of ether oxygens (including phenoxy) is 1. The van der Waals surface area contributed by atoms with E-state index in [4.69, 9.17) is 13.8 Å². The smallest absolute Gasteiger partial charge is 0.306 e. The Morgan fingerprint density at radius 2 is 0.753 bits per heavy atom. The number of amides is 1. The molecule has 0 radical (unpaired) electrons. The topological polar surface area (TPSA) is 114 Å². The second kappa shape index (κ2) is 60.3. The number of phosphoric acid groups is 1. The van der Waals surface area contributed by atoms with Crippen molar-refractivity contribution in [1.82, 2.24) is 5.32 Å². The summed E-state index contributed by atoms with van der Waals surface area (Å²) in [6.07, 6.45) is 79.9. The third-order valence-corrected chi connectivity index (χ3v) is 15.8. The fourth-order valence-corrected chi connectivity index (χ4v) is 10.3. The third kappa shape index (κ3) is 61.6. The second-order valence-electron chi connectivity index (χ2n) is 24.0. The highest BCUT2D eigenvalue weighted by Gasteiger charge is 2.27. The van der Waals surface area contributed by atoms with Crippen molar-refractivity contribution in [2.45, 2.75) is 315 Å². The number of nitrogens with one attached hydrogen (secondary N) is 1. The molecule has 3 atom stereocenters. The van der Waals surface area contributed by atoms with Crippen LogP contribution in [0, 0.1) is 0 Å². The maximum Gasteiger partial charge on any atom is 0.306 e. The molecule has 10 heteroatoms. The average molecular weight is 1150 g/mol. The van der Waals surface area contributed by atoms with Gasteiger partial charge in [-0.05, 0) is 109 Å². The molecule has 0 aromatic heterocycles. The van der Waals surface area contributed by atoms with Gasteiger partial charge in [-0.25, -0.2) is 0 Å². The molecule has 0 bridgehead atoms. The Hall–Kier alpha value is -2.81. The summed E-state index contributed by atoms with van der Waals surface area (Å²) in [5.41, 5.74) is 0. The van der Waals surface area contributed by atoms with Gasteiger partial charge >= 0.3 is 5.97 Å². The molecule has 0 rings (SSSR count). The molecule has 0 heterocycles. The van der Waals surface area contributed by atoms with Gasteiger partial charge < -0.3 is 28.5 Å². The van der Waals surface area contributed by atoms with Gasteiger partial charge in [0.2, 0.25) is 5.91 Å². The summed E-state index contributed by atoms with van der Waals surface area (Å²) in [6.45, 7) is 6.78. The molecule has 3 unspecified atom stereocenters. The number of carbonyl (C=O) groups is 2. The lowest BCUT2D eigenvalue weighted by Crippen LogP contribution is -2.47. The molecule has 0 saturated carbocycles. The van der Waals surface area contributed by atoms with E-state index in [9.17, 15) is 19.0 Å². The van der Waals surface area contributed by atoms with Crippen LogP contribution in [-0.4, -0.2) is 69.4 Å². The van der Waals surface area contributed by atoms with Crippen LogP contribution in [0.2, 0.25) is 0 Å². The first kappa shape index (κ1) is 78.2. The van der Waals surface area contributed by atoms with Gasteiger partial charge in [-0.15, -0.1) is 0 Å². The van der Waals surface area contributed by atoms with E-state index in [0.29, 0.717) is 23.9 Å². The average Bonchev–Trinajstić information content (AvgIpc) is 3.43. The number of hydrogen-bond donors (Lipinski definition) is 1. The standard InChI is InChI=1S/C71H129N2O7P/c1-7-10-13-16-19-22-25-27-29-31-32-33-34-35-36-37-38-39-40-42-43-45-48-51-54-57-60-63-70(74)72-68(67-79-81(76,77)78-66-65-73(4,5)6)69(62-59-56-53-50-47-24-21-18-15-12-9-3)80-71(75)64-61-58-55-52-49-46-44-41-30-28-26-23-20-17-14-11-8-2/h19-20,22-23,27-30,32-33,44,46,59,62,68-69H,7-18,21,24-26,31,34-43,45,47-58,60-61,63-67H2,1-6H3,(H-,72,74,76,77)/b22-19-,23-20-,29-27-,30-28-,33-32-,46-44-,62-59-. The molecule has 1 amide bonds. The van der Waals surface area contributed by atoms with Crippen molar-refractivity contribution in [3.8, 4) is 0 Å². The van der Waals surface area contributed by atoms with Crippen LogP contribution in [0.1, 0.15) is 303 Å². The third-order valence-electron chi connectivity index (χ3n) is 14.8. The lowest BCUT2D eigenvalue weighted by molar-refractivity contribution is -0.870. The lowest BCUT2D eigenvalue weighted by atomic mass is 10.0. The highest BCUT2D eigenvalue weighted by Crippen LogP contribution is 2.38. The summed E-state index contributed by atoms with van der Waals surface area (Å²) in [5.74, 6) is -0.564. The van der Waals surface area contributed by atoms with Crippen LogP contribution >= 0.6 is 7.82 Å². The summed E-state index contributed by atoms with van der Waals surface area (Å²) in [5, 5.41) is 3.03. The van der Waals surface area contributed by atoms with E-state index >= 15 is 0 Å². The number of rotatable bonds is 61. The van der Waals surface area contributed by atoms with Gasteiger partial charge in [-0.3, -0.25) is 14.2 Å². The van der Waals surface area contributed by atoms with Crippen molar-refractivity contribution >= 4 is 19.7 Å². The van der Waals surface area contributed by atoms with E-state index in [1.165, 1.54) is 173 Å². The number of quaternary nitrogens is 1. The number of esters is 1. The molecule has 470 valence electrons. The first-order valence-corrected chi connectivity index (χ1v) is 35.4. The molecule has 9 nitrogen and oxygen atoms in total. The first-order valence-electron chi connectivity index (χ1n) is 33.9. The minimum Gasteiger partial charge on any atom is -0.756 e. The van der Waals surface area contributed by atoms with Crippen LogP contribution in [0.25, 0.3) is 0 Å². The summed E-state index contributed by atoms with van der Waals surface area (Å²) >= 11 is 0. The normalized spacial score (nSPS) is 14.1. The lowest BCUT2D eigenvalue weighted by Gasteiger charge is -2.30. The van der Waals surface area contributed by atoms with E-state index in [1.807, 2.05) is 33.3 Å². The zero-order valence-electron chi connectivity index (χ0n) is 53.7. The highest BCUT2D eigenvalue weighted by molar-refractivity contribution is 7.45. The van der Waals surface area contributed by atoms with Crippen LogP contribution < -0.4 is 10.2 Å². The van der Waals surface area contributed by atoms with Gasteiger partial charge in [0.25, 0.3) is 7.82 Å². The Kier molecular flexibility index (Phi) is 58.2. The summed E-state index contributed by atoms with van der Waals surface area (Å²) in [6, 6.07) is -0.901. The van der Waals surface area contributed by atoms with Crippen molar-refractivity contribution in [2.75, 3.05) is 40.9 Å². The number of carbonyl (C=O) groups excluding carboxylic acids is 2. The number of hydrogen-bond acceptors (Lipinski definition) is 7. The Bertz CT molecular complexity index is 1660. The van der Waals surface area contributed by atoms with Crippen LogP contribution in [0.5, 0.6) is 0 Å². The molecule has 0 aliphatic rings. The van der Waals surface area contributed by atoms with Crippen molar-refractivity contribution < 1.29 is 37.3 Å². The number of phosphoric ester groups is 1. The second-order valence-corrected chi connectivity index (χ2v) is 25.4. The number of likely N-dealkylation sites (N-methyl/N-ethyl adjacent to an activating group) is 1. The van der Waals surface area contributed by atoms with E-state index in [1.54, 1.807) is 0 Å². The molecule has 0 saturated heterocycles. The fraction of sp³-hybridized carbons (Fsp3) is 0.775. The quantitative estimate of drug-likeness (QED) is 0.0212. The minimum atomic E-state index is -4.71. The molecular formula is C71H129N2O7P. The maximum absolute atomic E-state index is 13.6. The Morgan fingerprint density at radius 3 is 1.15 bits per heavy atom. The molecule has 0 fully saturated rings. The van der Waals surface area contributed by atoms with E-state index in [2.05, 4.69) is 99.0 Å². The Morgan fingerprint density at radius 1 is 0.432 bits per heavy atom. The van der Waals surface area contributed by atoms with Crippen molar-refractivity contribution in [3.63, 3.8) is 0 Å². The van der Waals surface area contributed by atoms with Gasteiger partial charge in [0.05, 0.1) is 33.8 Å². The Balaban J connectivity index is 5.05. The molecule has 81 heavy (non-hydrogen) atoms. The van der Waals surface area contributed by atoms with Gasteiger partial charge in [0, 0.05) is 12.8 Å². The van der Waals surface area contributed by atoms with Crippen molar-refractivity contribution in [3.05, 3.63) is 85.1 Å². The largest absolute Gasteiger partial charge is 0.756 e. The van der Waals surface area contributed by atoms with Crippen LogP contribution in [0.4, 0.5) is 0 Å². The number of unbranched alkanes of at least 4 members (excludes halogenated alkanes) is 33. The Labute approximate surface area is 501 Å². The fourth-order valence-electron chi connectivity index (χ4n) is 9.54. The maximum atomic E-state index is 13.6. The predicted molar refractivity (Wildman–Crippen MR) is 348 cm³/mol. The highest BCUT2D eigenvalue weighted by atomic mass is 31.2. The first-order chi connectivity index (χ1) is 39.4. The van der Waals surface area contributed by atoms with Crippen molar-refractivity contribution in [2.24, 2.45) is 0 Å². The zero-order valence-corrected chi connectivity index (χ0v) is 54.6. The molecular weight excluding hydrogens is 1020 g/mol. The summed E-state index contributed by atoms with van der Waals surface area (Å²) in [7, 11) is 1.17. The van der Waals surface area contributed by atoms with E-state index < -0.39 is 26.6 Å². The SMILES string of the molecule is CCCCC/C=C\C/C=C\C/C=C\CCCCCCCCCCCCCCCCC(=O)NC(COP(=O)([O-])OCC[N+](C)(C)C)C(/C=C\CCCCCCCCCCC)OC(=O)CCCCCC/C=C\C/C=C\C/C=C\CCCCC. The monoisotopic (exact) mass is 1150 g/mol. The molecule has 0 aromatic rings. The summed E-state index contributed by atoms with van der Waals surface area (Å²) in [4.78, 5) is 40.1. The molecule has 0 aliphatic carbocycles. The minimum absolute atomic E-state index is 0.0286. The van der Waals surface area contributed by atoms with Crippen LogP contribution in [0.15, 0.2) is 85.1 Å².